The minimum atomic E-state index is -0.572. The van der Waals surface area contributed by atoms with Gasteiger partial charge in [-0.2, -0.15) is 0 Å². The molecule has 8 heteroatoms. The van der Waals surface area contributed by atoms with Gasteiger partial charge in [-0.3, -0.25) is 9.59 Å². The number of nitrogens with zero attached hydrogens (tertiary/aromatic N) is 1. The van der Waals surface area contributed by atoms with E-state index in [1.165, 1.54) is 11.8 Å². The van der Waals surface area contributed by atoms with E-state index in [4.69, 9.17) is 34.8 Å². The van der Waals surface area contributed by atoms with E-state index >= 15 is 0 Å². The second-order valence-electron chi connectivity index (χ2n) is 7.63. The van der Waals surface area contributed by atoms with Crippen molar-refractivity contribution in [2.45, 2.75) is 58.0 Å². The minimum absolute atomic E-state index is 0.0377. The van der Waals surface area contributed by atoms with Gasteiger partial charge in [0.1, 0.15) is 6.04 Å². The van der Waals surface area contributed by atoms with Gasteiger partial charge in [0.05, 0.1) is 15.8 Å². The maximum absolute atomic E-state index is 13.3. The van der Waals surface area contributed by atoms with Gasteiger partial charge in [0, 0.05) is 23.4 Å². The first-order valence-electron chi connectivity index (χ1n) is 10.6. The number of nitrogens with one attached hydrogen (secondary N) is 1. The molecule has 2 rings (SSSR count). The van der Waals surface area contributed by atoms with Gasteiger partial charge in [-0.15, -0.1) is 11.8 Å². The smallest absolute Gasteiger partial charge is 0.243 e. The SMILES string of the molecule is CC[C@H](C)NC(=O)[C@H](CC)N(Cc1ccc(Cl)c(Cl)c1)C(=O)CSCc1cccc(Cl)c1. The van der Waals surface area contributed by atoms with E-state index in [0.29, 0.717) is 27.2 Å². The van der Waals surface area contributed by atoms with Gasteiger partial charge < -0.3 is 10.2 Å². The molecule has 0 saturated heterocycles. The number of hydrogen-bond donors (Lipinski definition) is 1. The molecule has 32 heavy (non-hydrogen) atoms. The molecule has 0 radical (unpaired) electrons. The molecule has 2 aromatic carbocycles. The van der Waals surface area contributed by atoms with Gasteiger partial charge in [-0.25, -0.2) is 0 Å². The summed E-state index contributed by atoms with van der Waals surface area (Å²) in [5, 5.41) is 4.55. The molecule has 1 N–H and O–H groups in total. The van der Waals surface area contributed by atoms with E-state index in [1.54, 1.807) is 17.0 Å². The number of carbonyl (C=O) groups excluding carboxylic acids is 2. The zero-order valence-corrected chi connectivity index (χ0v) is 21.6. The van der Waals surface area contributed by atoms with E-state index in [-0.39, 0.29) is 30.2 Å². The molecule has 2 atom stereocenters. The highest BCUT2D eigenvalue weighted by Gasteiger charge is 2.29. The average molecular weight is 516 g/mol. The fourth-order valence-corrected chi connectivity index (χ4v) is 4.55. The van der Waals surface area contributed by atoms with Crippen LogP contribution in [0.1, 0.15) is 44.7 Å². The van der Waals surface area contributed by atoms with Crippen LogP contribution in [0, 0.1) is 0 Å². The topological polar surface area (TPSA) is 49.4 Å². The zero-order valence-electron chi connectivity index (χ0n) is 18.5. The first kappa shape index (κ1) is 26.8. The lowest BCUT2D eigenvalue weighted by Crippen LogP contribution is -2.51. The number of benzene rings is 2. The van der Waals surface area contributed by atoms with Crippen LogP contribution in [0.4, 0.5) is 0 Å². The van der Waals surface area contributed by atoms with Crippen molar-refractivity contribution in [3.05, 3.63) is 68.7 Å². The Hall–Kier alpha value is -1.40. The highest BCUT2D eigenvalue weighted by atomic mass is 35.5. The van der Waals surface area contributed by atoms with Crippen LogP contribution in [-0.2, 0) is 21.9 Å². The average Bonchev–Trinajstić information content (AvgIpc) is 2.75. The summed E-state index contributed by atoms with van der Waals surface area (Å²) in [6.07, 6.45) is 1.33. The summed E-state index contributed by atoms with van der Waals surface area (Å²) in [7, 11) is 0. The molecule has 2 aromatic rings. The maximum Gasteiger partial charge on any atom is 0.243 e. The molecule has 0 aliphatic carbocycles. The Labute approximate surface area is 210 Å². The number of hydrogen-bond acceptors (Lipinski definition) is 3. The summed E-state index contributed by atoms with van der Waals surface area (Å²) >= 11 is 19.8. The van der Waals surface area contributed by atoms with E-state index in [0.717, 1.165) is 17.5 Å². The Morgan fingerprint density at radius 2 is 1.75 bits per heavy atom. The summed E-state index contributed by atoms with van der Waals surface area (Å²) in [6, 6.07) is 12.3. The largest absolute Gasteiger partial charge is 0.352 e. The number of carbonyl (C=O) groups is 2. The molecule has 174 valence electrons. The fraction of sp³-hybridized carbons (Fsp3) is 0.417. The van der Waals surface area contributed by atoms with Gasteiger partial charge in [0.25, 0.3) is 0 Å². The predicted octanol–water partition coefficient (Wildman–Crippen LogP) is 6.60. The molecule has 0 aliphatic rings. The number of thioether (sulfide) groups is 1. The van der Waals surface area contributed by atoms with Crippen molar-refractivity contribution in [3.63, 3.8) is 0 Å². The van der Waals surface area contributed by atoms with Gasteiger partial charge in [-0.1, -0.05) is 66.8 Å². The van der Waals surface area contributed by atoms with Crippen molar-refractivity contribution in [1.29, 1.82) is 0 Å². The van der Waals surface area contributed by atoms with E-state index in [1.807, 2.05) is 51.1 Å². The third kappa shape index (κ3) is 8.18. The molecule has 0 spiro atoms. The van der Waals surface area contributed by atoms with E-state index in [2.05, 4.69) is 5.32 Å². The molecule has 0 heterocycles. The number of amides is 2. The van der Waals surface area contributed by atoms with Crippen LogP contribution in [0.15, 0.2) is 42.5 Å². The third-order valence-electron chi connectivity index (χ3n) is 5.11. The molecule has 0 aliphatic heterocycles. The van der Waals surface area contributed by atoms with Gasteiger partial charge in [-0.05, 0) is 55.2 Å². The first-order chi connectivity index (χ1) is 15.2. The van der Waals surface area contributed by atoms with Crippen LogP contribution in [0.3, 0.4) is 0 Å². The zero-order chi connectivity index (χ0) is 23.7. The van der Waals surface area contributed by atoms with Crippen molar-refractivity contribution in [3.8, 4) is 0 Å². The van der Waals surface area contributed by atoms with Crippen LogP contribution in [-0.4, -0.2) is 34.6 Å². The lowest BCUT2D eigenvalue weighted by molar-refractivity contribution is -0.139. The Morgan fingerprint density at radius 1 is 1.00 bits per heavy atom. The lowest BCUT2D eigenvalue weighted by atomic mass is 10.1. The Kier molecular flexibility index (Phi) is 11.2. The van der Waals surface area contributed by atoms with Crippen LogP contribution >= 0.6 is 46.6 Å². The Bertz CT molecular complexity index is 926. The van der Waals surface area contributed by atoms with Crippen molar-refractivity contribution in [1.82, 2.24) is 10.2 Å². The van der Waals surface area contributed by atoms with Crippen LogP contribution in [0.2, 0.25) is 15.1 Å². The first-order valence-corrected chi connectivity index (χ1v) is 12.9. The van der Waals surface area contributed by atoms with Gasteiger partial charge in [0.2, 0.25) is 11.8 Å². The van der Waals surface area contributed by atoms with Crippen molar-refractivity contribution in [2.24, 2.45) is 0 Å². The molecule has 0 fully saturated rings. The van der Waals surface area contributed by atoms with Crippen LogP contribution in [0.5, 0.6) is 0 Å². The summed E-state index contributed by atoms with van der Waals surface area (Å²) < 4.78 is 0. The number of halogens is 3. The molecule has 0 aromatic heterocycles. The van der Waals surface area contributed by atoms with Gasteiger partial charge in [0.15, 0.2) is 0 Å². The van der Waals surface area contributed by atoms with Crippen LogP contribution in [0.25, 0.3) is 0 Å². The second kappa shape index (κ2) is 13.3. The lowest BCUT2D eigenvalue weighted by Gasteiger charge is -2.31. The standard InChI is InChI=1S/C24H29Cl3N2O2S/c1-4-16(3)28-24(31)22(5-2)29(13-17-9-10-20(26)21(27)12-17)23(30)15-32-14-18-7-6-8-19(25)11-18/h6-12,16,22H,4-5,13-15H2,1-3H3,(H,28,31)/t16-,22-/m0/s1. The molecule has 4 nitrogen and oxygen atoms in total. The molecular weight excluding hydrogens is 487 g/mol. The van der Waals surface area contributed by atoms with Crippen molar-refractivity contribution < 1.29 is 9.59 Å². The van der Waals surface area contributed by atoms with E-state index < -0.39 is 6.04 Å². The van der Waals surface area contributed by atoms with E-state index in [9.17, 15) is 9.59 Å². The maximum atomic E-state index is 13.3. The summed E-state index contributed by atoms with van der Waals surface area (Å²) in [4.78, 5) is 27.9. The number of rotatable bonds is 11. The molecular formula is C24H29Cl3N2O2S. The molecule has 0 bridgehead atoms. The summed E-state index contributed by atoms with van der Waals surface area (Å²) in [5.41, 5.74) is 1.87. The summed E-state index contributed by atoms with van der Waals surface area (Å²) in [5.74, 6) is 0.660. The Morgan fingerprint density at radius 3 is 2.38 bits per heavy atom. The molecule has 2 amide bonds. The highest BCUT2D eigenvalue weighted by Crippen LogP contribution is 2.25. The third-order valence-corrected chi connectivity index (χ3v) is 7.07. The highest BCUT2D eigenvalue weighted by molar-refractivity contribution is 7.99. The van der Waals surface area contributed by atoms with Crippen molar-refractivity contribution >= 4 is 58.4 Å². The minimum Gasteiger partial charge on any atom is -0.352 e. The summed E-state index contributed by atoms with van der Waals surface area (Å²) in [6.45, 7) is 6.16. The van der Waals surface area contributed by atoms with Crippen LogP contribution < -0.4 is 5.32 Å². The molecule has 0 unspecified atom stereocenters. The fourth-order valence-electron chi connectivity index (χ4n) is 3.16. The monoisotopic (exact) mass is 514 g/mol. The Balaban J connectivity index is 2.17. The van der Waals surface area contributed by atoms with Crippen molar-refractivity contribution in [2.75, 3.05) is 5.75 Å². The normalized spacial score (nSPS) is 12.8. The quantitative estimate of drug-likeness (QED) is 0.367. The van der Waals surface area contributed by atoms with Gasteiger partial charge >= 0.3 is 0 Å². The second-order valence-corrected chi connectivity index (χ2v) is 9.87. The predicted molar refractivity (Wildman–Crippen MR) is 137 cm³/mol. The molecule has 0 saturated carbocycles.